The monoisotopic (exact) mass is 178 g/mol. The van der Waals surface area contributed by atoms with Gasteiger partial charge in [-0.15, -0.1) is 0 Å². The Bertz CT molecular complexity index is 258. The van der Waals surface area contributed by atoms with E-state index >= 15 is 0 Å². The number of pyridine rings is 1. The first-order valence-corrected chi connectivity index (χ1v) is 4.80. The zero-order chi connectivity index (χ0) is 9.68. The Kier molecular flexibility index (Phi) is 3.90. The lowest BCUT2D eigenvalue weighted by molar-refractivity contribution is 0.564. The molecule has 0 aromatic carbocycles. The van der Waals surface area contributed by atoms with Crippen LogP contribution in [0.1, 0.15) is 24.5 Å². The van der Waals surface area contributed by atoms with Crippen molar-refractivity contribution in [2.75, 3.05) is 7.05 Å². The SMILES string of the molecule is CNC(C)CCc1cncc(C)c1. The maximum Gasteiger partial charge on any atom is 0.0300 e. The van der Waals surface area contributed by atoms with Gasteiger partial charge in [0, 0.05) is 18.4 Å². The predicted molar refractivity (Wildman–Crippen MR) is 55.8 cm³/mol. The van der Waals surface area contributed by atoms with E-state index in [4.69, 9.17) is 0 Å². The summed E-state index contributed by atoms with van der Waals surface area (Å²) in [7, 11) is 2.00. The molecule has 2 nitrogen and oxygen atoms in total. The third-order valence-corrected chi connectivity index (χ3v) is 2.29. The van der Waals surface area contributed by atoms with Crippen LogP contribution in [0, 0.1) is 6.92 Å². The van der Waals surface area contributed by atoms with Gasteiger partial charge in [-0.1, -0.05) is 6.07 Å². The smallest absolute Gasteiger partial charge is 0.0300 e. The van der Waals surface area contributed by atoms with E-state index in [2.05, 4.69) is 30.2 Å². The van der Waals surface area contributed by atoms with E-state index in [9.17, 15) is 0 Å². The second-order valence-corrected chi connectivity index (χ2v) is 3.60. The molecule has 13 heavy (non-hydrogen) atoms. The highest BCUT2D eigenvalue weighted by Gasteiger charge is 1.99. The molecular weight excluding hydrogens is 160 g/mol. The van der Waals surface area contributed by atoms with Crippen molar-refractivity contribution in [2.45, 2.75) is 32.7 Å². The standard InChI is InChI=1S/C11H18N2/c1-9-6-11(8-13-7-9)5-4-10(2)12-3/h6-8,10,12H,4-5H2,1-3H3. The maximum atomic E-state index is 4.17. The molecule has 0 bridgehead atoms. The molecule has 0 amide bonds. The summed E-state index contributed by atoms with van der Waals surface area (Å²) >= 11 is 0. The molecule has 1 rings (SSSR count). The Morgan fingerprint density at radius 2 is 2.23 bits per heavy atom. The molecule has 0 radical (unpaired) electrons. The Balaban J connectivity index is 2.45. The minimum absolute atomic E-state index is 0.584. The van der Waals surface area contributed by atoms with Crippen LogP contribution in [-0.2, 0) is 6.42 Å². The number of nitrogens with one attached hydrogen (secondary N) is 1. The Morgan fingerprint density at radius 1 is 1.46 bits per heavy atom. The van der Waals surface area contributed by atoms with E-state index in [0.29, 0.717) is 6.04 Å². The number of rotatable bonds is 4. The van der Waals surface area contributed by atoms with Crippen molar-refractivity contribution in [3.05, 3.63) is 29.6 Å². The molecule has 0 saturated carbocycles. The van der Waals surface area contributed by atoms with Gasteiger partial charge in [-0.05, 0) is 44.9 Å². The van der Waals surface area contributed by atoms with Crippen LogP contribution >= 0.6 is 0 Å². The minimum atomic E-state index is 0.584. The molecule has 1 aromatic rings. The van der Waals surface area contributed by atoms with Crippen molar-refractivity contribution in [3.8, 4) is 0 Å². The lowest BCUT2D eigenvalue weighted by Gasteiger charge is -2.09. The summed E-state index contributed by atoms with van der Waals surface area (Å²) < 4.78 is 0. The average molecular weight is 178 g/mol. The first-order valence-electron chi connectivity index (χ1n) is 4.80. The molecule has 0 spiro atoms. The Morgan fingerprint density at radius 3 is 2.85 bits per heavy atom. The first-order chi connectivity index (χ1) is 6.22. The van der Waals surface area contributed by atoms with Gasteiger partial charge in [-0.2, -0.15) is 0 Å². The van der Waals surface area contributed by atoms with Crippen LogP contribution in [0.4, 0.5) is 0 Å². The van der Waals surface area contributed by atoms with Gasteiger partial charge in [0.05, 0.1) is 0 Å². The molecule has 0 saturated heterocycles. The lowest BCUT2D eigenvalue weighted by Crippen LogP contribution is -2.21. The summed E-state index contributed by atoms with van der Waals surface area (Å²) in [4.78, 5) is 4.17. The van der Waals surface area contributed by atoms with Crippen molar-refractivity contribution in [3.63, 3.8) is 0 Å². The predicted octanol–water partition coefficient (Wildman–Crippen LogP) is 1.93. The quantitative estimate of drug-likeness (QED) is 0.762. The molecule has 0 aliphatic carbocycles. The van der Waals surface area contributed by atoms with E-state index in [1.165, 1.54) is 17.5 Å². The summed E-state index contributed by atoms with van der Waals surface area (Å²) in [5, 5.41) is 3.23. The number of hydrogen-bond donors (Lipinski definition) is 1. The largest absolute Gasteiger partial charge is 0.317 e. The maximum absolute atomic E-state index is 4.17. The normalized spacial score (nSPS) is 12.8. The van der Waals surface area contributed by atoms with Gasteiger partial charge in [-0.3, -0.25) is 4.98 Å². The number of aromatic nitrogens is 1. The highest BCUT2D eigenvalue weighted by atomic mass is 14.8. The van der Waals surface area contributed by atoms with Crippen molar-refractivity contribution in [1.82, 2.24) is 10.3 Å². The summed E-state index contributed by atoms with van der Waals surface area (Å²) in [6.45, 7) is 4.28. The third kappa shape index (κ3) is 3.55. The van der Waals surface area contributed by atoms with Gasteiger partial charge in [0.1, 0.15) is 0 Å². The molecule has 2 heteroatoms. The fourth-order valence-corrected chi connectivity index (χ4v) is 1.28. The lowest BCUT2D eigenvalue weighted by atomic mass is 10.1. The van der Waals surface area contributed by atoms with Crippen molar-refractivity contribution in [1.29, 1.82) is 0 Å². The van der Waals surface area contributed by atoms with Crippen LogP contribution in [0.25, 0.3) is 0 Å². The van der Waals surface area contributed by atoms with Crippen LogP contribution in [0.2, 0.25) is 0 Å². The van der Waals surface area contributed by atoms with Crippen LogP contribution in [-0.4, -0.2) is 18.1 Å². The first kappa shape index (κ1) is 10.2. The summed E-state index contributed by atoms with van der Waals surface area (Å²) in [5.41, 5.74) is 2.58. The van der Waals surface area contributed by atoms with Gasteiger partial charge in [0.2, 0.25) is 0 Å². The van der Waals surface area contributed by atoms with Crippen molar-refractivity contribution >= 4 is 0 Å². The van der Waals surface area contributed by atoms with Gasteiger partial charge in [-0.25, -0.2) is 0 Å². The van der Waals surface area contributed by atoms with Gasteiger partial charge < -0.3 is 5.32 Å². The fraction of sp³-hybridized carbons (Fsp3) is 0.545. The molecule has 0 fully saturated rings. The second-order valence-electron chi connectivity index (χ2n) is 3.60. The van der Waals surface area contributed by atoms with Gasteiger partial charge in [0.15, 0.2) is 0 Å². The zero-order valence-electron chi connectivity index (χ0n) is 8.67. The van der Waals surface area contributed by atoms with Gasteiger partial charge >= 0.3 is 0 Å². The van der Waals surface area contributed by atoms with Crippen molar-refractivity contribution in [2.24, 2.45) is 0 Å². The highest BCUT2D eigenvalue weighted by molar-refractivity contribution is 5.16. The molecule has 1 heterocycles. The molecule has 0 aliphatic rings. The minimum Gasteiger partial charge on any atom is -0.317 e. The zero-order valence-corrected chi connectivity index (χ0v) is 8.67. The van der Waals surface area contributed by atoms with E-state index in [1.807, 2.05) is 19.4 Å². The van der Waals surface area contributed by atoms with Crippen LogP contribution in [0.5, 0.6) is 0 Å². The number of aryl methyl sites for hydroxylation is 2. The van der Waals surface area contributed by atoms with Crippen LogP contribution in [0.3, 0.4) is 0 Å². The molecule has 72 valence electrons. The molecular formula is C11H18N2. The summed E-state index contributed by atoms with van der Waals surface area (Å²) in [6, 6.07) is 2.79. The van der Waals surface area contributed by atoms with Crippen molar-refractivity contribution < 1.29 is 0 Å². The fourth-order valence-electron chi connectivity index (χ4n) is 1.28. The summed E-state index contributed by atoms with van der Waals surface area (Å²) in [5.74, 6) is 0. The topological polar surface area (TPSA) is 24.9 Å². The second kappa shape index (κ2) is 4.97. The van der Waals surface area contributed by atoms with Crippen LogP contribution < -0.4 is 5.32 Å². The molecule has 1 N–H and O–H groups in total. The average Bonchev–Trinajstić information content (AvgIpc) is 2.14. The third-order valence-electron chi connectivity index (χ3n) is 2.29. The van der Waals surface area contributed by atoms with E-state index in [0.717, 1.165) is 6.42 Å². The molecule has 1 unspecified atom stereocenters. The number of nitrogens with zero attached hydrogens (tertiary/aromatic N) is 1. The van der Waals surface area contributed by atoms with Crippen LogP contribution in [0.15, 0.2) is 18.5 Å². The highest BCUT2D eigenvalue weighted by Crippen LogP contribution is 2.05. The van der Waals surface area contributed by atoms with E-state index in [1.54, 1.807) is 0 Å². The Labute approximate surface area is 80.4 Å². The molecule has 1 atom stereocenters. The molecule has 0 aliphatic heterocycles. The Hall–Kier alpha value is -0.890. The number of hydrogen-bond acceptors (Lipinski definition) is 2. The van der Waals surface area contributed by atoms with E-state index < -0.39 is 0 Å². The molecule has 1 aromatic heterocycles. The van der Waals surface area contributed by atoms with E-state index in [-0.39, 0.29) is 0 Å². The summed E-state index contributed by atoms with van der Waals surface area (Å²) in [6.07, 6.45) is 6.12. The van der Waals surface area contributed by atoms with Gasteiger partial charge in [0.25, 0.3) is 0 Å².